The van der Waals surface area contributed by atoms with E-state index in [2.05, 4.69) is 24.2 Å². The molecule has 1 aliphatic rings. The van der Waals surface area contributed by atoms with Crippen molar-refractivity contribution in [3.63, 3.8) is 0 Å². The number of halogens is 1. The molecule has 0 aromatic heterocycles. The van der Waals surface area contributed by atoms with Crippen LogP contribution < -0.4 is 5.32 Å². The van der Waals surface area contributed by atoms with Gasteiger partial charge in [-0.05, 0) is 57.1 Å². The Balaban J connectivity index is 1.97. The summed E-state index contributed by atoms with van der Waals surface area (Å²) in [5.41, 5.74) is 1.07. The summed E-state index contributed by atoms with van der Waals surface area (Å²) in [6.45, 7) is 4.45. The van der Waals surface area contributed by atoms with Gasteiger partial charge in [0.15, 0.2) is 0 Å². The van der Waals surface area contributed by atoms with E-state index in [1.807, 2.05) is 6.07 Å². The lowest BCUT2D eigenvalue weighted by molar-refractivity contribution is 0.223. The van der Waals surface area contributed by atoms with Crippen molar-refractivity contribution < 1.29 is 4.39 Å². The summed E-state index contributed by atoms with van der Waals surface area (Å²) in [6.07, 6.45) is 3.36. The average Bonchev–Trinajstić information content (AvgIpc) is 2.38. The van der Waals surface area contributed by atoms with Crippen LogP contribution in [0.25, 0.3) is 0 Å². The van der Waals surface area contributed by atoms with Gasteiger partial charge in [-0.25, -0.2) is 4.39 Å². The Bertz CT molecular complexity index is 373. The van der Waals surface area contributed by atoms with Crippen molar-refractivity contribution in [3.05, 3.63) is 35.6 Å². The highest BCUT2D eigenvalue weighted by molar-refractivity contribution is 5.20. The summed E-state index contributed by atoms with van der Waals surface area (Å²) >= 11 is 0. The Morgan fingerprint density at radius 1 is 1.39 bits per heavy atom. The molecule has 2 nitrogen and oxygen atoms in total. The predicted octanol–water partition coefficient (Wildman–Crippen LogP) is 2.96. The SMILES string of the molecule is CCC(NC1CCN(C)CC1)c1cccc(F)c1. The molecule has 0 spiro atoms. The van der Waals surface area contributed by atoms with Crippen LogP contribution in [0.2, 0.25) is 0 Å². The fraction of sp³-hybridized carbons (Fsp3) is 0.600. The molecule has 0 aliphatic carbocycles. The quantitative estimate of drug-likeness (QED) is 0.884. The van der Waals surface area contributed by atoms with Crippen LogP contribution in [0.15, 0.2) is 24.3 Å². The minimum Gasteiger partial charge on any atom is -0.307 e. The molecule has 18 heavy (non-hydrogen) atoms. The van der Waals surface area contributed by atoms with Crippen LogP contribution in [0.1, 0.15) is 37.8 Å². The minimum absolute atomic E-state index is 0.142. The van der Waals surface area contributed by atoms with Crippen molar-refractivity contribution in [2.45, 2.75) is 38.3 Å². The van der Waals surface area contributed by atoms with Crippen molar-refractivity contribution in [1.29, 1.82) is 0 Å². The lowest BCUT2D eigenvalue weighted by atomic mass is 9.99. The molecular weight excluding hydrogens is 227 g/mol. The molecule has 1 atom stereocenters. The first-order valence-electron chi connectivity index (χ1n) is 6.89. The number of benzene rings is 1. The second-order valence-corrected chi connectivity index (χ2v) is 5.26. The Kier molecular flexibility index (Phi) is 4.72. The maximum atomic E-state index is 13.3. The van der Waals surface area contributed by atoms with E-state index in [4.69, 9.17) is 0 Å². The number of piperidine rings is 1. The molecule has 0 saturated carbocycles. The molecule has 2 rings (SSSR count). The Morgan fingerprint density at radius 3 is 2.72 bits per heavy atom. The van der Waals surface area contributed by atoms with Crippen molar-refractivity contribution in [1.82, 2.24) is 10.2 Å². The summed E-state index contributed by atoms with van der Waals surface area (Å²) in [7, 11) is 2.17. The van der Waals surface area contributed by atoms with Gasteiger partial charge in [-0.1, -0.05) is 19.1 Å². The van der Waals surface area contributed by atoms with Gasteiger partial charge in [-0.3, -0.25) is 0 Å². The Hall–Kier alpha value is -0.930. The molecule has 0 bridgehead atoms. The van der Waals surface area contributed by atoms with Gasteiger partial charge in [0.2, 0.25) is 0 Å². The summed E-state index contributed by atoms with van der Waals surface area (Å²) in [5, 5.41) is 3.68. The van der Waals surface area contributed by atoms with Crippen molar-refractivity contribution in [2.24, 2.45) is 0 Å². The second-order valence-electron chi connectivity index (χ2n) is 5.26. The van der Waals surface area contributed by atoms with E-state index in [1.165, 1.54) is 18.9 Å². The first-order valence-corrected chi connectivity index (χ1v) is 6.89. The van der Waals surface area contributed by atoms with Crippen molar-refractivity contribution in [2.75, 3.05) is 20.1 Å². The van der Waals surface area contributed by atoms with Gasteiger partial charge in [-0.15, -0.1) is 0 Å². The fourth-order valence-corrected chi connectivity index (χ4v) is 2.63. The zero-order valence-corrected chi connectivity index (χ0v) is 11.3. The molecule has 1 fully saturated rings. The first kappa shape index (κ1) is 13.5. The highest BCUT2D eigenvalue weighted by Crippen LogP contribution is 2.20. The lowest BCUT2D eigenvalue weighted by Crippen LogP contribution is -2.42. The van der Waals surface area contributed by atoms with Crippen molar-refractivity contribution in [3.8, 4) is 0 Å². The third kappa shape index (κ3) is 3.53. The molecule has 1 aliphatic heterocycles. The number of nitrogens with one attached hydrogen (secondary N) is 1. The normalized spacial score (nSPS) is 19.9. The van der Waals surface area contributed by atoms with Gasteiger partial charge in [0, 0.05) is 12.1 Å². The van der Waals surface area contributed by atoms with E-state index in [0.717, 1.165) is 25.1 Å². The van der Waals surface area contributed by atoms with Gasteiger partial charge in [0.25, 0.3) is 0 Å². The van der Waals surface area contributed by atoms with Gasteiger partial charge in [0.1, 0.15) is 5.82 Å². The fourth-order valence-electron chi connectivity index (χ4n) is 2.63. The molecule has 1 aromatic carbocycles. The summed E-state index contributed by atoms with van der Waals surface area (Å²) in [4.78, 5) is 2.36. The van der Waals surface area contributed by atoms with Crippen LogP contribution in [0.4, 0.5) is 4.39 Å². The van der Waals surface area contributed by atoms with Gasteiger partial charge >= 0.3 is 0 Å². The molecule has 1 heterocycles. The van der Waals surface area contributed by atoms with Crippen LogP contribution >= 0.6 is 0 Å². The highest BCUT2D eigenvalue weighted by atomic mass is 19.1. The standard InChI is InChI=1S/C15H23FN2/c1-3-15(12-5-4-6-13(16)11-12)17-14-7-9-18(2)10-8-14/h4-6,11,14-15,17H,3,7-10H2,1-2H3. The van der Waals surface area contributed by atoms with E-state index in [9.17, 15) is 4.39 Å². The summed E-state index contributed by atoms with van der Waals surface area (Å²) in [6, 6.07) is 7.80. The third-order valence-electron chi connectivity index (χ3n) is 3.81. The average molecular weight is 250 g/mol. The molecule has 3 heteroatoms. The second kappa shape index (κ2) is 6.30. The van der Waals surface area contributed by atoms with E-state index in [0.29, 0.717) is 6.04 Å². The maximum absolute atomic E-state index is 13.3. The smallest absolute Gasteiger partial charge is 0.123 e. The first-order chi connectivity index (χ1) is 8.69. The van der Waals surface area contributed by atoms with E-state index in [1.54, 1.807) is 12.1 Å². The van der Waals surface area contributed by atoms with E-state index < -0.39 is 0 Å². The molecular formula is C15H23FN2. The van der Waals surface area contributed by atoms with E-state index in [-0.39, 0.29) is 11.9 Å². The molecule has 1 N–H and O–H groups in total. The molecule has 0 radical (unpaired) electrons. The van der Waals surface area contributed by atoms with E-state index >= 15 is 0 Å². The molecule has 1 aromatic rings. The van der Waals surface area contributed by atoms with Crippen LogP contribution in [0.3, 0.4) is 0 Å². The minimum atomic E-state index is -0.142. The monoisotopic (exact) mass is 250 g/mol. The topological polar surface area (TPSA) is 15.3 Å². The third-order valence-corrected chi connectivity index (χ3v) is 3.81. The zero-order valence-electron chi connectivity index (χ0n) is 11.3. The van der Waals surface area contributed by atoms with Gasteiger partial charge in [-0.2, -0.15) is 0 Å². The lowest BCUT2D eigenvalue weighted by Gasteiger charge is -2.32. The number of nitrogens with zero attached hydrogens (tertiary/aromatic N) is 1. The van der Waals surface area contributed by atoms with Crippen LogP contribution in [0, 0.1) is 5.82 Å². The number of hydrogen-bond donors (Lipinski definition) is 1. The predicted molar refractivity (Wildman–Crippen MR) is 73.1 cm³/mol. The highest BCUT2D eigenvalue weighted by Gasteiger charge is 2.20. The number of likely N-dealkylation sites (tertiary alicyclic amines) is 1. The van der Waals surface area contributed by atoms with Crippen molar-refractivity contribution >= 4 is 0 Å². The Morgan fingerprint density at radius 2 is 2.11 bits per heavy atom. The zero-order chi connectivity index (χ0) is 13.0. The van der Waals surface area contributed by atoms with Gasteiger partial charge in [0.05, 0.1) is 0 Å². The van der Waals surface area contributed by atoms with Crippen LogP contribution in [-0.4, -0.2) is 31.1 Å². The number of rotatable bonds is 4. The Labute approximate surface area is 109 Å². The summed E-state index contributed by atoms with van der Waals surface area (Å²) in [5.74, 6) is -0.142. The molecule has 1 saturated heterocycles. The molecule has 100 valence electrons. The molecule has 1 unspecified atom stereocenters. The summed E-state index contributed by atoms with van der Waals surface area (Å²) < 4.78 is 13.3. The number of hydrogen-bond acceptors (Lipinski definition) is 2. The maximum Gasteiger partial charge on any atom is 0.123 e. The van der Waals surface area contributed by atoms with Crippen LogP contribution in [0.5, 0.6) is 0 Å². The molecule has 0 amide bonds. The van der Waals surface area contributed by atoms with Gasteiger partial charge < -0.3 is 10.2 Å². The van der Waals surface area contributed by atoms with Crippen LogP contribution in [-0.2, 0) is 0 Å². The largest absolute Gasteiger partial charge is 0.307 e.